The number of aldehydes is 1. The first-order chi connectivity index (χ1) is 11.3. The molecule has 0 heterocycles. The SMILES string of the molecule is O=Cc1c(-c2ccc(O)c3ccccc23)ccc2ccccc12. The van der Waals surface area contributed by atoms with E-state index in [0.29, 0.717) is 5.56 Å². The lowest BCUT2D eigenvalue weighted by molar-refractivity contribution is 0.112. The summed E-state index contributed by atoms with van der Waals surface area (Å²) in [7, 11) is 0. The van der Waals surface area contributed by atoms with Crippen LogP contribution in [-0.2, 0) is 0 Å². The Labute approximate surface area is 133 Å². The van der Waals surface area contributed by atoms with Crippen LogP contribution in [0.3, 0.4) is 0 Å². The third-order valence-corrected chi connectivity index (χ3v) is 4.28. The number of phenols is 1. The lowest BCUT2D eigenvalue weighted by atomic mass is 9.91. The van der Waals surface area contributed by atoms with Gasteiger partial charge in [-0.05, 0) is 33.4 Å². The van der Waals surface area contributed by atoms with Gasteiger partial charge in [0, 0.05) is 10.9 Å². The Hall–Kier alpha value is -3.13. The molecule has 0 atom stereocenters. The van der Waals surface area contributed by atoms with E-state index in [4.69, 9.17) is 0 Å². The molecule has 23 heavy (non-hydrogen) atoms. The van der Waals surface area contributed by atoms with Gasteiger partial charge >= 0.3 is 0 Å². The van der Waals surface area contributed by atoms with Crippen LogP contribution >= 0.6 is 0 Å². The summed E-state index contributed by atoms with van der Waals surface area (Å²) >= 11 is 0. The molecule has 110 valence electrons. The molecule has 1 N–H and O–H groups in total. The lowest BCUT2D eigenvalue weighted by Gasteiger charge is -2.12. The first kappa shape index (κ1) is 13.5. The van der Waals surface area contributed by atoms with Crippen molar-refractivity contribution < 1.29 is 9.90 Å². The van der Waals surface area contributed by atoms with Crippen LogP contribution in [0, 0.1) is 0 Å². The van der Waals surface area contributed by atoms with Crippen molar-refractivity contribution in [1.82, 2.24) is 0 Å². The summed E-state index contributed by atoms with van der Waals surface area (Å²) in [5, 5.41) is 13.8. The monoisotopic (exact) mass is 298 g/mol. The van der Waals surface area contributed by atoms with Crippen molar-refractivity contribution in [2.45, 2.75) is 0 Å². The van der Waals surface area contributed by atoms with Crippen molar-refractivity contribution in [2.75, 3.05) is 0 Å². The van der Waals surface area contributed by atoms with Gasteiger partial charge in [-0.15, -0.1) is 0 Å². The standard InChI is InChI=1S/C21H14O2/c22-13-20-15-6-2-1-5-14(15)9-10-18(20)17-11-12-21(23)19-8-4-3-7-16(17)19/h1-13,23H. The topological polar surface area (TPSA) is 37.3 Å². The molecule has 0 aliphatic carbocycles. The van der Waals surface area contributed by atoms with Crippen LogP contribution < -0.4 is 0 Å². The van der Waals surface area contributed by atoms with Crippen molar-refractivity contribution in [3.8, 4) is 16.9 Å². The van der Waals surface area contributed by atoms with Gasteiger partial charge in [-0.2, -0.15) is 0 Å². The highest BCUT2D eigenvalue weighted by Crippen LogP contribution is 2.36. The van der Waals surface area contributed by atoms with Crippen LogP contribution in [0.25, 0.3) is 32.7 Å². The van der Waals surface area contributed by atoms with Gasteiger partial charge < -0.3 is 5.11 Å². The predicted octanol–water partition coefficient (Wildman–Crippen LogP) is 5.18. The predicted molar refractivity (Wildman–Crippen MR) is 93.9 cm³/mol. The van der Waals surface area contributed by atoms with Gasteiger partial charge in [0.05, 0.1) is 0 Å². The number of rotatable bonds is 2. The molecule has 0 spiro atoms. The van der Waals surface area contributed by atoms with Crippen molar-refractivity contribution in [3.63, 3.8) is 0 Å². The summed E-state index contributed by atoms with van der Waals surface area (Å²) in [5.41, 5.74) is 2.51. The van der Waals surface area contributed by atoms with Gasteiger partial charge in [-0.25, -0.2) is 0 Å². The highest BCUT2D eigenvalue weighted by Gasteiger charge is 2.12. The van der Waals surface area contributed by atoms with Crippen molar-refractivity contribution in [2.24, 2.45) is 0 Å². The van der Waals surface area contributed by atoms with Gasteiger partial charge in [0.25, 0.3) is 0 Å². The van der Waals surface area contributed by atoms with E-state index in [0.717, 1.165) is 39.0 Å². The molecule has 0 bridgehead atoms. The number of carbonyl (C=O) groups excluding carboxylic acids is 1. The quantitative estimate of drug-likeness (QED) is 0.518. The van der Waals surface area contributed by atoms with E-state index in [-0.39, 0.29) is 5.75 Å². The fraction of sp³-hybridized carbons (Fsp3) is 0. The normalized spacial score (nSPS) is 11.0. The molecular weight excluding hydrogens is 284 g/mol. The number of carbonyl (C=O) groups is 1. The van der Waals surface area contributed by atoms with E-state index in [1.165, 1.54) is 0 Å². The molecule has 4 aromatic rings. The highest BCUT2D eigenvalue weighted by molar-refractivity contribution is 6.09. The number of hydrogen-bond acceptors (Lipinski definition) is 2. The Morgan fingerprint density at radius 3 is 2.09 bits per heavy atom. The Bertz CT molecular complexity index is 1050. The second-order valence-corrected chi connectivity index (χ2v) is 5.54. The number of phenolic OH excluding ortho intramolecular Hbond substituents is 1. The van der Waals surface area contributed by atoms with Crippen LogP contribution in [0.15, 0.2) is 72.8 Å². The Kier molecular flexibility index (Phi) is 3.09. The Balaban J connectivity index is 2.11. The largest absolute Gasteiger partial charge is 0.507 e. The van der Waals surface area contributed by atoms with E-state index in [1.807, 2.05) is 66.7 Å². The average molecular weight is 298 g/mol. The summed E-state index contributed by atoms with van der Waals surface area (Å²) < 4.78 is 0. The van der Waals surface area contributed by atoms with Crippen LogP contribution in [0.2, 0.25) is 0 Å². The second kappa shape index (κ2) is 5.25. The van der Waals surface area contributed by atoms with E-state index in [1.54, 1.807) is 6.07 Å². The molecule has 4 rings (SSSR count). The molecule has 0 unspecified atom stereocenters. The number of aromatic hydroxyl groups is 1. The smallest absolute Gasteiger partial charge is 0.151 e. The lowest BCUT2D eigenvalue weighted by Crippen LogP contribution is -1.91. The molecule has 2 heteroatoms. The molecule has 0 aliphatic rings. The molecule has 0 fully saturated rings. The molecule has 2 nitrogen and oxygen atoms in total. The minimum absolute atomic E-state index is 0.248. The van der Waals surface area contributed by atoms with E-state index in [2.05, 4.69) is 0 Å². The fourth-order valence-electron chi connectivity index (χ4n) is 3.18. The Morgan fingerprint density at radius 2 is 1.30 bits per heavy atom. The first-order valence-electron chi connectivity index (χ1n) is 7.47. The zero-order chi connectivity index (χ0) is 15.8. The van der Waals surface area contributed by atoms with Gasteiger partial charge in [0.1, 0.15) is 5.75 Å². The molecular formula is C21H14O2. The van der Waals surface area contributed by atoms with Crippen LogP contribution in [0.4, 0.5) is 0 Å². The average Bonchev–Trinajstić information content (AvgIpc) is 2.61. The summed E-state index contributed by atoms with van der Waals surface area (Å²) in [4.78, 5) is 11.8. The molecule has 0 saturated carbocycles. The molecule has 0 amide bonds. The van der Waals surface area contributed by atoms with Gasteiger partial charge in [0.15, 0.2) is 6.29 Å². The van der Waals surface area contributed by atoms with Gasteiger partial charge in [0.2, 0.25) is 0 Å². The van der Waals surface area contributed by atoms with Gasteiger partial charge in [-0.1, -0.05) is 66.7 Å². The number of benzene rings is 4. The van der Waals surface area contributed by atoms with Crippen molar-refractivity contribution in [3.05, 3.63) is 78.4 Å². The molecule has 0 radical (unpaired) electrons. The maximum atomic E-state index is 11.8. The van der Waals surface area contributed by atoms with Crippen LogP contribution in [0.1, 0.15) is 10.4 Å². The van der Waals surface area contributed by atoms with E-state index >= 15 is 0 Å². The molecule has 0 aromatic heterocycles. The third-order valence-electron chi connectivity index (χ3n) is 4.28. The zero-order valence-corrected chi connectivity index (χ0v) is 12.4. The zero-order valence-electron chi connectivity index (χ0n) is 12.4. The van der Waals surface area contributed by atoms with Crippen LogP contribution in [0.5, 0.6) is 5.75 Å². The number of fused-ring (bicyclic) bond motifs is 2. The minimum Gasteiger partial charge on any atom is -0.507 e. The first-order valence-corrected chi connectivity index (χ1v) is 7.47. The third kappa shape index (κ3) is 2.08. The highest BCUT2D eigenvalue weighted by atomic mass is 16.3. The summed E-state index contributed by atoms with van der Waals surface area (Å²) in [6, 6.07) is 23.1. The number of hydrogen-bond donors (Lipinski definition) is 1. The van der Waals surface area contributed by atoms with Crippen LogP contribution in [-0.4, -0.2) is 11.4 Å². The maximum Gasteiger partial charge on any atom is 0.151 e. The minimum atomic E-state index is 0.248. The second-order valence-electron chi connectivity index (χ2n) is 5.54. The summed E-state index contributed by atoms with van der Waals surface area (Å²) in [5.74, 6) is 0.248. The molecule has 0 saturated heterocycles. The Morgan fingerprint density at radius 1 is 0.652 bits per heavy atom. The summed E-state index contributed by atoms with van der Waals surface area (Å²) in [6.45, 7) is 0. The van der Waals surface area contributed by atoms with E-state index in [9.17, 15) is 9.90 Å². The van der Waals surface area contributed by atoms with E-state index < -0.39 is 0 Å². The van der Waals surface area contributed by atoms with Gasteiger partial charge in [-0.3, -0.25) is 4.79 Å². The molecule has 4 aromatic carbocycles. The molecule has 0 aliphatic heterocycles. The van der Waals surface area contributed by atoms with Crippen molar-refractivity contribution in [1.29, 1.82) is 0 Å². The van der Waals surface area contributed by atoms with Crippen molar-refractivity contribution >= 4 is 27.8 Å². The maximum absolute atomic E-state index is 11.8. The summed E-state index contributed by atoms with van der Waals surface area (Å²) in [6.07, 6.45) is 0.916. The fourth-order valence-corrected chi connectivity index (χ4v) is 3.18.